The van der Waals surface area contributed by atoms with E-state index in [-0.39, 0.29) is 18.6 Å². The third-order valence-corrected chi connectivity index (χ3v) is 2.71. The number of nitrogens with one attached hydrogen (secondary N) is 1. The maximum Gasteiger partial charge on any atom is 0.239 e. The van der Waals surface area contributed by atoms with Crippen molar-refractivity contribution >= 4 is 5.91 Å². The van der Waals surface area contributed by atoms with Gasteiger partial charge >= 0.3 is 0 Å². The summed E-state index contributed by atoms with van der Waals surface area (Å²) in [7, 11) is 1.52. The van der Waals surface area contributed by atoms with Crippen molar-refractivity contribution in [1.82, 2.24) is 5.32 Å². The van der Waals surface area contributed by atoms with Gasteiger partial charge in [0.2, 0.25) is 5.91 Å². The fourth-order valence-corrected chi connectivity index (χ4v) is 1.70. The summed E-state index contributed by atoms with van der Waals surface area (Å²) in [5, 5.41) is 2.85. The first-order chi connectivity index (χ1) is 9.08. The first-order valence-electron chi connectivity index (χ1n) is 6.36. The lowest BCUT2D eigenvalue weighted by atomic mass is 10.1. The summed E-state index contributed by atoms with van der Waals surface area (Å²) in [6.45, 7) is 4.66. The lowest BCUT2D eigenvalue weighted by Gasteiger charge is -2.18. The average molecular weight is 266 g/mol. The van der Waals surface area contributed by atoms with Gasteiger partial charge in [-0.1, -0.05) is 12.1 Å². The molecule has 0 aliphatic carbocycles. The van der Waals surface area contributed by atoms with Gasteiger partial charge in [0.15, 0.2) is 0 Å². The highest BCUT2D eigenvalue weighted by Crippen LogP contribution is 2.19. The van der Waals surface area contributed by atoms with Crippen molar-refractivity contribution in [3.8, 4) is 5.75 Å². The molecule has 106 valence electrons. The standard InChI is InChI=1S/C14H22N2O3/c1-4-19-12-7-5-6-11(8-12)10(2)16-14(17)13(15)9-18-3/h5-8,10,13H,4,9,15H2,1-3H3,(H,16,17). The molecule has 1 rings (SSSR count). The topological polar surface area (TPSA) is 73.6 Å². The SMILES string of the molecule is CCOc1cccc(C(C)NC(=O)C(N)COC)c1. The van der Waals surface area contributed by atoms with Gasteiger partial charge in [-0.25, -0.2) is 0 Å². The zero-order valence-electron chi connectivity index (χ0n) is 11.7. The van der Waals surface area contributed by atoms with E-state index >= 15 is 0 Å². The minimum Gasteiger partial charge on any atom is -0.494 e. The van der Waals surface area contributed by atoms with Crippen LogP contribution in [-0.2, 0) is 9.53 Å². The third kappa shape index (κ3) is 4.89. The Morgan fingerprint density at radius 2 is 2.21 bits per heavy atom. The summed E-state index contributed by atoms with van der Waals surface area (Å²) in [5.74, 6) is 0.568. The van der Waals surface area contributed by atoms with E-state index in [0.717, 1.165) is 11.3 Å². The second kappa shape index (κ2) is 7.76. The molecule has 0 spiro atoms. The molecule has 2 atom stereocenters. The molecular formula is C14H22N2O3. The predicted molar refractivity (Wildman–Crippen MR) is 74.0 cm³/mol. The molecule has 0 fully saturated rings. The maximum absolute atomic E-state index is 11.8. The Morgan fingerprint density at radius 1 is 1.47 bits per heavy atom. The number of ether oxygens (including phenoxy) is 2. The molecule has 0 aromatic heterocycles. The fourth-order valence-electron chi connectivity index (χ4n) is 1.70. The molecule has 2 unspecified atom stereocenters. The minimum atomic E-state index is -0.650. The molecule has 5 nitrogen and oxygen atoms in total. The van der Waals surface area contributed by atoms with Gasteiger partial charge in [0.05, 0.1) is 19.3 Å². The van der Waals surface area contributed by atoms with E-state index in [1.54, 1.807) is 0 Å². The van der Waals surface area contributed by atoms with Crippen LogP contribution in [0.3, 0.4) is 0 Å². The molecule has 1 amide bonds. The van der Waals surface area contributed by atoms with Gasteiger partial charge in [-0.15, -0.1) is 0 Å². The fraction of sp³-hybridized carbons (Fsp3) is 0.500. The minimum absolute atomic E-state index is 0.129. The van der Waals surface area contributed by atoms with Crippen molar-refractivity contribution in [2.24, 2.45) is 5.73 Å². The van der Waals surface area contributed by atoms with Gasteiger partial charge in [-0.2, -0.15) is 0 Å². The smallest absolute Gasteiger partial charge is 0.239 e. The second-order valence-corrected chi connectivity index (χ2v) is 4.30. The van der Waals surface area contributed by atoms with Crippen molar-refractivity contribution < 1.29 is 14.3 Å². The zero-order valence-corrected chi connectivity index (χ0v) is 11.7. The van der Waals surface area contributed by atoms with E-state index in [1.165, 1.54) is 7.11 Å². The van der Waals surface area contributed by atoms with Crippen molar-refractivity contribution in [2.45, 2.75) is 25.9 Å². The highest BCUT2D eigenvalue weighted by molar-refractivity contribution is 5.82. The first kappa shape index (κ1) is 15.5. The molecule has 0 aliphatic heterocycles. The Kier molecular flexibility index (Phi) is 6.32. The first-order valence-corrected chi connectivity index (χ1v) is 6.36. The third-order valence-electron chi connectivity index (χ3n) is 2.71. The number of amides is 1. The van der Waals surface area contributed by atoms with Crippen LogP contribution in [0.4, 0.5) is 0 Å². The van der Waals surface area contributed by atoms with Crippen LogP contribution in [0, 0.1) is 0 Å². The molecule has 0 radical (unpaired) electrons. The Bertz CT molecular complexity index is 409. The molecule has 0 aliphatic rings. The van der Waals surface area contributed by atoms with Crippen molar-refractivity contribution in [2.75, 3.05) is 20.3 Å². The summed E-state index contributed by atoms with van der Waals surface area (Å²) < 4.78 is 10.3. The van der Waals surface area contributed by atoms with Crippen molar-refractivity contribution in [1.29, 1.82) is 0 Å². The van der Waals surface area contributed by atoms with Crippen LogP contribution in [0.2, 0.25) is 0 Å². The van der Waals surface area contributed by atoms with E-state index in [4.69, 9.17) is 15.2 Å². The normalized spacial score (nSPS) is 13.7. The van der Waals surface area contributed by atoms with Crippen molar-refractivity contribution in [3.05, 3.63) is 29.8 Å². The maximum atomic E-state index is 11.8. The van der Waals surface area contributed by atoms with Gasteiger partial charge in [-0.3, -0.25) is 4.79 Å². The highest BCUT2D eigenvalue weighted by Gasteiger charge is 2.16. The number of nitrogens with two attached hydrogens (primary N) is 1. The molecule has 3 N–H and O–H groups in total. The van der Waals surface area contributed by atoms with Crippen LogP contribution in [0.15, 0.2) is 24.3 Å². The van der Waals surface area contributed by atoms with Crippen LogP contribution < -0.4 is 15.8 Å². The van der Waals surface area contributed by atoms with E-state index in [0.29, 0.717) is 6.61 Å². The van der Waals surface area contributed by atoms with Crippen LogP contribution in [0.1, 0.15) is 25.5 Å². The number of carbonyl (C=O) groups is 1. The predicted octanol–water partition coefficient (Wildman–Crippen LogP) is 1.24. The molecule has 0 bridgehead atoms. The summed E-state index contributed by atoms with van der Waals surface area (Å²) in [4.78, 5) is 11.8. The number of carbonyl (C=O) groups excluding carboxylic acids is 1. The number of hydrogen-bond donors (Lipinski definition) is 2. The average Bonchev–Trinajstić information content (AvgIpc) is 2.39. The van der Waals surface area contributed by atoms with Gasteiger partial charge in [0.1, 0.15) is 11.8 Å². The highest BCUT2D eigenvalue weighted by atomic mass is 16.5. The zero-order chi connectivity index (χ0) is 14.3. The van der Waals surface area contributed by atoms with Crippen LogP contribution in [-0.4, -0.2) is 32.3 Å². The number of hydrogen-bond acceptors (Lipinski definition) is 4. The lowest BCUT2D eigenvalue weighted by molar-refractivity contribution is -0.124. The van der Waals surface area contributed by atoms with E-state index < -0.39 is 6.04 Å². The molecule has 0 saturated carbocycles. The van der Waals surface area contributed by atoms with Gasteiger partial charge in [0.25, 0.3) is 0 Å². The Morgan fingerprint density at radius 3 is 2.84 bits per heavy atom. The van der Waals surface area contributed by atoms with E-state index in [2.05, 4.69) is 5.32 Å². The van der Waals surface area contributed by atoms with E-state index in [1.807, 2.05) is 38.1 Å². The van der Waals surface area contributed by atoms with Gasteiger partial charge < -0.3 is 20.5 Å². The quantitative estimate of drug-likeness (QED) is 0.778. The molecule has 0 heterocycles. The Balaban J connectivity index is 2.64. The van der Waals surface area contributed by atoms with Gasteiger partial charge in [0, 0.05) is 7.11 Å². The summed E-state index contributed by atoms with van der Waals surface area (Å²) in [5.41, 5.74) is 6.65. The molecule has 19 heavy (non-hydrogen) atoms. The summed E-state index contributed by atoms with van der Waals surface area (Å²) >= 11 is 0. The molecule has 1 aromatic rings. The van der Waals surface area contributed by atoms with Crippen LogP contribution >= 0.6 is 0 Å². The second-order valence-electron chi connectivity index (χ2n) is 4.30. The summed E-state index contributed by atoms with van der Waals surface area (Å²) in [6.07, 6.45) is 0. The number of methoxy groups -OCH3 is 1. The Hall–Kier alpha value is -1.59. The number of rotatable bonds is 7. The molecule has 0 saturated heterocycles. The van der Waals surface area contributed by atoms with Crippen LogP contribution in [0.5, 0.6) is 5.75 Å². The van der Waals surface area contributed by atoms with Crippen LogP contribution in [0.25, 0.3) is 0 Å². The Labute approximate surface area is 114 Å². The molecule has 1 aromatic carbocycles. The van der Waals surface area contributed by atoms with E-state index in [9.17, 15) is 4.79 Å². The molecule has 5 heteroatoms. The monoisotopic (exact) mass is 266 g/mol. The molecular weight excluding hydrogens is 244 g/mol. The number of benzene rings is 1. The summed E-state index contributed by atoms with van der Waals surface area (Å²) in [6, 6.07) is 6.86. The largest absolute Gasteiger partial charge is 0.494 e. The lowest BCUT2D eigenvalue weighted by Crippen LogP contribution is -2.44. The van der Waals surface area contributed by atoms with Gasteiger partial charge in [-0.05, 0) is 31.5 Å². The van der Waals surface area contributed by atoms with Crippen molar-refractivity contribution in [3.63, 3.8) is 0 Å².